The Morgan fingerprint density at radius 1 is 1.14 bits per heavy atom. The van der Waals surface area contributed by atoms with E-state index in [-0.39, 0.29) is 5.91 Å². The second kappa shape index (κ2) is 7.74. The zero-order valence-corrected chi connectivity index (χ0v) is 16.2. The van der Waals surface area contributed by atoms with Gasteiger partial charge in [0.1, 0.15) is 22.8 Å². The molecule has 2 aromatic carbocycles. The topological polar surface area (TPSA) is 73.6 Å². The average Bonchev–Trinajstić information content (AvgIpc) is 3.34. The van der Waals surface area contributed by atoms with Gasteiger partial charge in [0.25, 0.3) is 5.91 Å². The van der Waals surface area contributed by atoms with E-state index in [0.29, 0.717) is 28.8 Å². The van der Waals surface area contributed by atoms with Gasteiger partial charge in [-0.2, -0.15) is 0 Å². The van der Waals surface area contributed by atoms with Gasteiger partial charge >= 0.3 is 0 Å². The predicted octanol–water partition coefficient (Wildman–Crippen LogP) is 5.22. The standard InChI is InChI=1S/C21H18N2O4S/c1-3-26-15-7-4-13(5-8-15)20(24)23-21-22-17(12-28-21)19-10-14-6-9-16(25-2)11-18(14)27-19/h4-12H,3H2,1-2H3,(H,22,23,24). The third kappa shape index (κ3) is 3.70. The smallest absolute Gasteiger partial charge is 0.257 e. The SMILES string of the molecule is CCOc1ccc(C(=O)Nc2nc(-c3cc4ccc(OC)cc4o3)cs2)cc1. The molecule has 0 aliphatic rings. The monoisotopic (exact) mass is 394 g/mol. The summed E-state index contributed by atoms with van der Waals surface area (Å²) in [5.41, 5.74) is 1.93. The number of methoxy groups -OCH3 is 1. The van der Waals surface area contributed by atoms with Crippen molar-refractivity contribution in [3.05, 3.63) is 59.5 Å². The van der Waals surface area contributed by atoms with Crippen LogP contribution in [0.3, 0.4) is 0 Å². The molecule has 0 aliphatic carbocycles. The maximum absolute atomic E-state index is 12.4. The largest absolute Gasteiger partial charge is 0.497 e. The van der Waals surface area contributed by atoms with Crippen molar-refractivity contribution < 1.29 is 18.7 Å². The lowest BCUT2D eigenvalue weighted by Crippen LogP contribution is -2.11. The third-order valence-corrected chi connectivity index (χ3v) is 4.89. The molecular formula is C21H18N2O4S. The highest BCUT2D eigenvalue weighted by molar-refractivity contribution is 7.14. The highest BCUT2D eigenvalue weighted by atomic mass is 32.1. The number of furan rings is 1. The van der Waals surface area contributed by atoms with Gasteiger partial charge in [0.15, 0.2) is 10.9 Å². The normalized spacial score (nSPS) is 10.8. The molecule has 142 valence electrons. The summed E-state index contributed by atoms with van der Waals surface area (Å²) in [5.74, 6) is 1.88. The number of fused-ring (bicyclic) bond motifs is 1. The summed E-state index contributed by atoms with van der Waals surface area (Å²) in [7, 11) is 1.62. The van der Waals surface area contributed by atoms with Gasteiger partial charge in [0, 0.05) is 22.4 Å². The quantitative estimate of drug-likeness (QED) is 0.486. The van der Waals surface area contributed by atoms with Gasteiger partial charge in [-0.25, -0.2) is 4.98 Å². The van der Waals surface area contributed by atoms with E-state index in [9.17, 15) is 4.79 Å². The number of anilines is 1. The van der Waals surface area contributed by atoms with E-state index in [1.165, 1.54) is 11.3 Å². The lowest BCUT2D eigenvalue weighted by Gasteiger charge is -2.04. The molecule has 2 heterocycles. The Labute approximate surface area is 165 Å². The predicted molar refractivity (Wildman–Crippen MR) is 109 cm³/mol. The number of aromatic nitrogens is 1. The number of benzene rings is 2. The highest BCUT2D eigenvalue weighted by Gasteiger charge is 2.13. The molecule has 0 atom stereocenters. The third-order valence-electron chi connectivity index (χ3n) is 4.13. The van der Waals surface area contributed by atoms with Crippen LogP contribution in [-0.2, 0) is 0 Å². The molecule has 0 bridgehead atoms. The maximum Gasteiger partial charge on any atom is 0.257 e. The van der Waals surface area contributed by atoms with Gasteiger partial charge in [0.05, 0.1) is 13.7 Å². The summed E-state index contributed by atoms with van der Waals surface area (Å²) in [5, 5.41) is 6.14. The number of thiazole rings is 1. The second-order valence-electron chi connectivity index (χ2n) is 5.96. The van der Waals surface area contributed by atoms with Gasteiger partial charge in [0.2, 0.25) is 0 Å². The van der Waals surface area contributed by atoms with E-state index in [1.54, 1.807) is 31.4 Å². The van der Waals surface area contributed by atoms with E-state index in [2.05, 4.69) is 10.3 Å². The van der Waals surface area contributed by atoms with Crippen molar-refractivity contribution in [2.75, 3.05) is 19.0 Å². The Balaban J connectivity index is 1.50. The first-order valence-corrected chi connectivity index (χ1v) is 9.62. The summed E-state index contributed by atoms with van der Waals surface area (Å²) >= 11 is 1.34. The Bertz CT molecular complexity index is 1120. The van der Waals surface area contributed by atoms with Crippen LogP contribution in [0.1, 0.15) is 17.3 Å². The number of rotatable bonds is 6. The summed E-state index contributed by atoms with van der Waals surface area (Å²) < 4.78 is 16.5. The molecule has 4 rings (SSSR count). The fraction of sp³-hybridized carbons (Fsp3) is 0.143. The van der Waals surface area contributed by atoms with Crippen LogP contribution >= 0.6 is 11.3 Å². The van der Waals surface area contributed by atoms with Gasteiger partial charge in [-0.05, 0) is 49.4 Å². The number of amides is 1. The van der Waals surface area contributed by atoms with E-state index >= 15 is 0 Å². The second-order valence-corrected chi connectivity index (χ2v) is 6.82. The molecule has 1 N–H and O–H groups in total. The Morgan fingerprint density at radius 3 is 2.68 bits per heavy atom. The van der Waals surface area contributed by atoms with E-state index in [1.807, 2.05) is 36.6 Å². The zero-order valence-electron chi connectivity index (χ0n) is 15.4. The molecule has 6 nitrogen and oxygen atoms in total. The van der Waals surface area contributed by atoms with Gasteiger partial charge < -0.3 is 13.9 Å². The minimum atomic E-state index is -0.224. The van der Waals surface area contributed by atoms with Crippen molar-refractivity contribution in [2.45, 2.75) is 6.92 Å². The number of nitrogens with one attached hydrogen (secondary N) is 1. The van der Waals surface area contributed by atoms with Crippen LogP contribution in [0.25, 0.3) is 22.4 Å². The molecule has 28 heavy (non-hydrogen) atoms. The minimum Gasteiger partial charge on any atom is -0.497 e. The van der Waals surface area contributed by atoms with Gasteiger partial charge in [-0.3, -0.25) is 10.1 Å². The molecular weight excluding hydrogens is 376 g/mol. The Morgan fingerprint density at radius 2 is 1.93 bits per heavy atom. The first-order chi connectivity index (χ1) is 13.7. The van der Waals surface area contributed by atoms with Crippen molar-refractivity contribution in [1.29, 1.82) is 0 Å². The number of hydrogen-bond acceptors (Lipinski definition) is 6. The number of ether oxygens (including phenoxy) is 2. The zero-order chi connectivity index (χ0) is 19.5. The molecule has 7 heteroatoms. The molecule has 0 radical (unpaired) electrons. The summed E-state index contributed by atoms with van der Waals surface area (Å²) in [6.45, 7) is 2.50. The number of carbonyl (C=O) groups excluding carboxylic acids is 1. The fourth-order valence-electron chi connectivity index (χ4n) is 2.75. The summed E-state index contributed by atoms with van der Waals surface area (Å²) in [6, 6.07) is 14.6. The van der Waals surface area contributed by atoms with E-state index in [4.69, 9.17) is 13.9 Å². The molecule has 0 aliphatic heterocycles. The van der Waals surface area contributed by atoms with Crippen molar-refractivity contribution in [2.24, 2.45) is 0 Å². The Hall–Kier alpha value is -3.32. The van der Waals surface area contributed by atoms with Crippen molar-refractivity contribution in [1.82, 2.24) is 4.98 Å². The van der Waals surface area contributed by atoms with Crippen LogP contribution in [0.5, 0.6) is 11.5 Å². The number of hydrogen-bond donors (Lipinski definition) is 1. The first-order valence-electron chi connectivity index (χ1n) is 8.74. The lowest BCUT2D eigenvalue weighted by atomic mass is 10.2. The average molecular weight is 394 g/mol. The van der Waals surface area contributed by atoms with Gasteiger partial charge in [-0.1, -0.05) is 0 Å². The summed E-state index contributed by atoms with van der Waals surface area (Å²) in [4.78, 5) is 16.9. The van der Waals surface area contributed by atoms with Crippen molar-refractivity contribution >= 4 is 33.3 Å². The van der Waals surface area contributed by atoms with Crippen LogP contribution in [-0.4, -0.2) is 24.6 Å². The molecule has 0 spiro atoms. The molecule has 0 unspecified atom stereocenters. The fourth-order valence-corrected chi connectivity index (χ4v) is 3.44. The molecule has 4 aromatic rings. The van der Waals surface area contributed by atoms with Crippen molar-refractivity contribution in [3.63, 3.8) is 0 Å². The first kappa shape index (κ1) is 18.1. The molecule has 1 amide bonds. The van der Waals surface area contributed by atoms with Crippen LogP contribution in [0, 0.1) is 0 Å². The Kier molecular flexibility index (Phi) is 4.99. The van der Waals surface area contributed by atoms with Crippen LogP contribution in [0.2, 0.25) is 0 Å². The molecule has 0 saturated heterocycles. The maximum atomic E-state index is 12.4. The van der Waals surface area contributed by atoms with Crippen LogP contribution in [0.4, 0.5) is 5.13 Å². The highest BCUT2D eigenvalue weighted by Crippen LogP contribution is 2.32. The van der Waals surface area contributed by atoms with Crippen LogP contribution < -0.4 is 14.8 Å². The number of carbonyl (C=O) groups is 1. The number of nitrogens with zero attached hydrogens (tertiary/aromatic N) is 1. The van der Waals surface area contributed by atoms with E-state index in [0.717, 1.165) is 22.5 Å². The van der Waals surface area contributed by atoms with Crippen LogP contribution in [0.15, 0.2) is 58.3 Å². The minimum absolute atomic E-state index is 0.224. The van der Waals surface area contributed by atoms with Crippen molar-refractivity contribution in [3.8, 4) is 23.0 Å². The molecule has 0 fully saturated rings. The molecule has 0 saturated carbocycles. The van der Waals surface area contributed by atoms with Gasteiger partial charge in [-0.15, -0.1) is 11.3 Å². The lowest BCUT2D eigenvalue weighted by molar-refractivity contribution is 0.102. The summed E-state index contributed by atoms with van der Waals surface area (Å²) in [6.07, 6.45) is 0. The molecule has 2 aromatic heterocycles. The van der Waals surface area contributed by atoms with E-state index < -0.39 is 0 Å².